The highest BCUT2D eigenvalue weighted by Crippen LogP contribution is 2.20. The van der Waals surface area contributed by atoms with Gasteiger partial charge in [0.25, 0.3) is 5.91 Å². The van der Waals surface area contributed by atoms with E-state index in [1.54, 1.807) is 11.6 Å². The first kappa shape index (κ1) is 17.3. The second-order valence-electron chi connectivity index (χ2n) is 5.27. The lowest BCUT2D eigenvalue weighted by molar-refractivity contribution is 0.0919. The Kier molecular flexibility index (Phi) is 6.04. The maximum atomic E-state index is 12.5. The average Bonchev–Trinajstić information content (AvgIpc) is 2.86. The van der Waals surface area contributed by atoms with Gasteiger partial charge in [0.2, 0.25) is 0 Å². The van der Waals surface area contributed by atoms with Gasteiger partial charge in [-0.3, -0.25) is 9.48 Å². The van der Waals surface area contributed by atoms with Crippen LogP contribution in [0.15, 0.2) is 30.3 Å². The molecule has 1 heterocycles. The summed E-state index contributed by atoms with van der Waals surface area (Å²) in [7, 11) is 0. The molecule has 0 saturated carbocycles. The monoisotopic (exact) mass is 335 g/mol. The second-order valence-corrected chi connectivity index (χ2v) is 5.63. The van der Waals surface area contributed by atoms with Crippen molar-refractivity contribution in [3.8, 4) is 5.75 Å². The van der Waals surface area contributed by atoms with Gasteiger partial charge in [-0.1, -0.05) is 36.7 Å². The summed E-state index contributed by atoms with van der Waals surface area (Å²) in [6.45, 7) is 6.76. The minimum Gasteiger partial charge on any atom is -0.491 e. The van der Waals surface area contributed by atoms with Crippen LogP contribution in [-0.2, 0) is 6.54 Å². The van der Waals surface area contributed by atoms with Crippen LogP contribution >= 0.6 is 11.6 Å². The second kappa shape index (κ2) is 8.02. The topological polar surface area (TPSA) is 56.1 Å². The number of rotatable bonds is 7. The van der Waals surface area contributed by atoms with E-state index in [9.17, 15) is 4.79 Å². The van der Waals surface area contributed by atoms with E-state index in [2.05, 4.69) is 10.4 Å². The quantitative estimate of drug-likeness (QED) is 0.843. The number of carbonyl (C=O) groups is 1. The van der Waals surface area contributed by atoms with Crippen LogP contribution in [0, 0.1) is 6.92 Å². The number of hydrogen-bond acceptors (Lipinski definition) is 3. The minimum absolute atomic E-state index is 0.0943. The molecular formula is C17H22ClN3O2. The van der Waals surface area contributed by atoms with Gasteiger partial charge in [-0.25, -0.2) is 0 Å². The molecule has 1 N–H and O–H groups in total. The van der Waals surface area contributed by atoms with Crippen molar-refractivity contribution >= 4 is 17.5 Å². The molecule has 0 spiro atoms. The summed E-state index contributed by atoms with van der Waals surface area (Å²) in [6.07, 6.45) is 0.761. The summed E-state index contributed by atoms with van der Waals surface area (Å²) in [5.74, 6) is 0.573. The highest BCUT2D eigenvalue weighted by atomic mass is 35.5. The van der Waals surface area contributed by atoms with E-state index in [1.807, 2.05) is 44.2 Å². The first-order chi connectivity index (χ1) is 11.1. The molecular weight excluding hydrogens is 314 g/mol. The van der Waals surface area contributed by atoms with Gasteiger partial charge in [-0.2, -0.15) is 5.10 Å². The van der Waals surface area contributed by atoms with Crippen LogP contribution in [0.4, 0.5) is 0 Å². The summed E-state index contributed by atoms with van der Waals surface area (Å²) >= 11 is 6.23. The molecule has 1 amide bonds. The van der Waals surface area contributed by atoms with E-state index in [0.717, 1.165) is 12.2 Å². The molecule has 0 aliphatic heterocycles. The minimum atomic E-state index is -0.212. The third kappa shape index (κ3) is 4.26. The first-order valence-corrected chi connectivity index (χ1v) is 8.16. The predicted molar refractivity (Wildman–Crippen MR) is 91.1 cm³/mol. The van der Waals surface area contributed by atoms with Crippen molar-refractivity contribution in [2.45, 2.75) is 39.8 Å². The molecule has 1 aromatic heterocycles. The SMILES string of the molecule is CC[C@@H](COc1ccccc1)NC(=O)c1c(C)nn(CC)c1Cl. The lowest BCUT2D eigenvalue weighted by Gasteiger charge is -2.17. The average molecular weight is 336 g/mol. The summed E-state index contributed by atoms with van der Waals surface area (Å²) in [4.78, 5) is 12.5. The normalized spacial score (nSPS) is 12.0. The maximum Gasteiger partial charge on any atom is 0.256 e. The van der Waals surface area contributed by atoms with Gasteiger partial charge in [0.1, 0.15) is 17.5 Å². The summed E-state index contributed by atoms with van der Waals surface area (Å²) in [5.41, 5.74) is 1.07. The molecule has 1 aromatic carbocycles. The Bertz CT molecular complexity index is 655. The van der Waals surface area contributed by atoms with Gasteiger partial charge in [0.15, 0.2) is 0 Å². The van der Waals surface area contributed by atoms with Gasteiger partial charge in [0, 0.05) is 6.54 Å². The van der Waals surface area contributed by atoms with Crippen LogP contribution in [0.25, 0.3) is 0 Å². The maximum absolute atomic E-state index is 12.5. The summed E-state index contributed by atoms with van der Waals surface area (Å²) in [6, 6.07) is 9.45. The highest BCUT2D eigenvalue weighted by Gasteiger charge is 2.22. The molecule has 5 nitrogen and oxygen atoms in total. The number of para-hydroxylation sites is 1. The fourth-order valence-electron chi connectivity index (χ4n) is 2.25. The standard InChI is InChI=1S/C17H22ClN3O2/c1-4-13(11-23-14-9-7-6-8-10-14)19-17(22)15-12(3)20-21(5-2)16(15)18/h6-10,13H,4-5,11H2,1-3H3,(H,19,22)/t13-/m0/s1. The number of amides is 1. The Morgan fingerprint density at radius 2 is 2.04 bits per heavy atom. The predicted octanol–water partition coefficient (Wildman–Crippen LogP) is 3.45. The van der Waals surface area contributed by atoms with E-state index in [-0.39, 0.29) is 11.9 Å². The number of benzene rings is 1. The number of halogens is 1. The molecule has 2 aromatic rings. The Hall–Kier alpha value is -2.01. The van der Waals surface area contributed by atoms with Crippen LogP contribution in [0.2, 0.25) is 5.15 Å². The zero-order chi connectivity index (χ0) is 16.8. The number of ether oxygens (including phenoxy) is 1. The number of carbonyl (C=O) groups excluding carboxylic acids is 1. The molecule has 0 unspecified atom stereocenters. The van der Waals surface area contributed by atoms with Crippen LogP contribution in [0.3, 0.4) is 0 Å². The fraction of sp³-hybridized carbons (Fsp3) is 0.412. The van der Waals surface area contributed by atoms with Crippen molar-refractivity contribution in [1.82, 2.24) is 15.1 Å². The smallest absolute Gasteiger partial charge is 0.256 e. The van der Waals surface area contributed by atoms with Crippen molar-refractivity contribution in [1.29, 1.82) is 0 Å². The van der Waals surface area contributed by atoms with E-state index < -0.39 is 0 Å². The van der Waals surface area contributed by atoms with Crippen molar-refractivity contribution in [3.05, 3.63) is 46.7 Å². The number of nitrogens with zero attached hydrogens (tertiary/aromatic N) is 2. The largest absolute Gasteiger partial charge is 0.491 e. The Balaban J connectivity index is 2.01. The molecule has 1 atom stereocenters. The Labute approximate surface area is 141 Å². The number of aromatic nitrogens is 2. The summed E-state index contributed by atoms with van der Waals surface area (Å²) < 4.78 is 7.33. The fourth-order valence-corrected chi connectivity index (χ4v) is 2.63. The molecule has 0 aliphatic carbocycles. The van der Waals surface area contributed by atoms with Crippen molar-refractivity contribution in [3.63, 3.8) is 0 Å². The zero-order valence-corrected chi connectivity index (χ0v) is 14.4. The van der Waals surface area contributed by atoms with Crippen LogP contribution < -0.4 is 10.1 Å². The molecule has 0 radical (unpaired) electrons. The molecule has 124 valence electrons. The van der Waals surface area contributed by atoms with Crippen LogP contribution in [0.5, 0.6) is 5.75 Å². The Morgan fingerprint density at radius 1 is 1.35 bits per heavy atom. The van der Waals surface area contributed by atoms with E-state index in [0.29, 0.717) is 29.6 Å². The number of nitrogens with one attached hydrogen (secondary N) is 1. The van der Waals surface area contributed by atoms with Gasteiger partial charge in [-0.05, 0) is 32.4 Å². The third-order valence-electron chi connectivity index (χ3n) is 3.61. The molecule has 6 heteroatoms. The Morgan fingerprint density at radius 3 is 2.61 bits per heavy atom. The summed E-state index contributed by atoms with van der Waals surface area (Å²) in [5, 5.41) is 7.62. The van der Waals surface area contributed by atoms with E-state index >= 15 is 0 Å². The lowest BCUT2D eigenvalue weighted by Crippen LogP contribution is -2.39. The molecule has 2 rings (SSSR count). The van der Waals surface area contributed by atoms with Gasteiger partial charge in [-0.15, -0.1) is 0 Å². The molecule has 0 fully saturated rings. The third-order valence-corrected chi connectivity index (χ3v) is 4.00. The number of hydrogen-bond donors (Lipinski definition) is 1. The zero-order valence-electron chi connectivity index (χ0n) is 13.7. The van der Waals surface area contributed by atoms with Gasteiger partial charge < -0.3 is 10.1 Å². The molecule has 0 saturated heterocycles. The lowest BCUT2D eigenvalue weighted by atomic mass is 10.2. The van der Waals surface area contributed by atoms with Crippen molar-refractivity contribution in [2.75, 3.05) is 6.61 Å². The van der Waals surface area contributed by atoms with E-state index in [1.165, 1.54) is 0 Å². The molecule has 0 aliphatic rings. The van der Waals surface area contributed by atoms with Crippen molar-refractivity contribution in [2.24, 2.45) is 0 Å². The molecule has 0 bridgehead atoms. The van der Waals surface area contributed by atoms with Gasteiger partial charge >= 0.3 is 0 Å². The molecule has 23 heavy (non-hydrogen) atoms. The van der Waals surface area contributed by atoms with E-state index in [4.69, 9.17) is 16.3 Å². The highest BCUT2D eigenvalue weighted by molar-refractivity contribution is 6.33. The number of aryl methyl sites for hydroxylation is 2. The first-order valence-electron chi connectivity index (χ1n) is 7.78. The van der Waals surface area contributed by atoms with Crippen LogP contribution in [-0.4, -0.2) is 28.3 Å². The van der Waals surface area contributed by atoms with Crippen LogP contribution in [0.1, 0.15) is 36.3 Å². The van der Waals surface area contributed by atoms with Gasteiger partial charge in [0.05, 0.1) is 17.3 Å². The van der Waals surface area contributed by atoms with Crippen molar-refractivity contribution < 1.29 is 9.53 Å².